The van der Waals surface area contributed by atoms with E-state index < -0.39 is 10.0 Å². The first-order chi connectivity index (χ1) is 12.4. The van der Waals surface area contributed by atoms with Crippen LogP contribution in [-0.2, 0) is 10.0 Å². The molecule has 0 aliphatic carbocycles. The maximum Gasteiger partial charge on any atom is 0.289 e. The lowest BCUT2D eigenvalue weighted by atomic mass is 10.0. The first kappa shape index (κ1) is 18.7. The van der Waals surface area contributed by atoms with Crippen molar-refractivity contribution in [3.63, 3.8) is 0 Å². The Labute approximate surface area is 154 Å². The second-order valence-corrected chi connectivity index (χ2v) is 8.60. The minimum Gasteiger partial charge on any atom is -0.459 e. The summed E-state index contributed by atoms with van der Waals surface area (Å²) in [7, 11) is -3.56. The topological polar surface area (TPSA) is 79.6 Å². The number of likely N-dealkylation sites (tertiary alicyclic amines) is 1. The Balaban J connectivity index is 1.59. The Kier molecular flexibility index (Phi) is 5.48. The van der Waals surface area contributed by atoms with E-state index in [0.29, 0.717) is 37.6 Å². The number of piperidine rings is 1. The van der Waals surface area contributed by atoms with Crippen LogP contribution in [0.5, 0.6) is 0 Å². The van der Waals surface area contributed by atoms with E-state index in [9.17, 15) is 13.2 Å². The molecule has 0 radical (unpaired) electrons. The van der Waals surface area contributed by atoms with Crippen molar-refractivity contribution in [2.75, 3.05) is 13.1 Å². The van der Waals surface area contributed by atoms with Crippen LogP contribution in [0.1, 0.15) is 48.7 Å². The van der Waals surface area contributed by atoms with Gasteiger partial charge in [0.05, 0.1) is 11.2 Å². The van der Waals surface area contributed by atoms with E-state index >= 15 is 0 Å². The first-order valence-corrected chi connectivity index (χ1v) is 10.3. The molecule has 0 atom stereocenters. The van der Waals surface area contributed by atoms with Gasteiger partial charge in [0, 0.05) is 19.1 Å². The average molecular weight is 376 g/mol. The molecule has 1 N–H and O–H groups in total. The van der Waals surface area contributed by atoms with E-state index in [2.05, 4.69) is 18.6 Å². The summed E-state index contributed by atoms with van der Waals surface area (Å²) in [6.07, 6.45) is 2.63. The molecule has 0 saturated carbocycles. The van der Waals surface area contributed by atoms with E-state index in [0.717, 1.165) is 5.56 Å². The zero-order valence-corrected chi connectivity index (χ0v) is 15.8. The Hall–Kier alpha value is -2.12. The monoisotopic (exact) mass is 376 g/mol. The van der Waals surface area contributed by atoms with Crippen LogP contribution in [0.4, 0.5) is 0 Å². The smallest absolute Gasteiger partial charge is 0.289 e. The molecule has 1 amide bonds. The zero-order valence-electron chi connectivity index (χ0n) is 15.0. The third-order valence-electron chi connectivity index (χ3n) is 4.69. The molecule has 0 spiro atoms. The molecule has 140 valence electrons. The van der Waals surface area contributed by atoms with Crippen molar-refractivity contribution in [2.45, 2.75) is 43.5 Å². The lowest BCUT2D eigenvalue weighted by Gasteiger charge is -2.31. The summed E-state index contributed by atoms with van der Waals surface area (Å²) in [5.41, 5.74) is 1.11. The fraction of sp³-hybridized carbons (Fsp3) is 0.421. The number of benzene rings is 1. The number of rotatable bonds is 5. The second-order valence-electron chi connectivity index (χ2n) is 6.89. The molecule has 1 aromatic heterocycles. The Morgan fingerprint density at radius 3 is 2.35 bits per heavy atom. The maximum absolute atomic E-state index is 12.6. The van der Waals surface area contributed by atoms with Crippen molar-refractivity contribution in [1.29, 1.82) is 0 Å². The molecule has 7 heteroatoms. The third-order valence-corrected chi connectivity index (χ3v) is 6.23. The quantitative estimate of drug-likeness (QED) is 0.870. The van der Waals surface area contributed by atoms with Gasteiger partial charge < -0.3 is 9.32 Å². The molecule has 1 saturated heterocycles. The highest BCUT2D eigenvalue weighted by Crippen LogP contribution is 2.20. The van der Waals surface area contributed by atoms with E-state index in [1.54, 1.807) is 29.2 Å². The zero-order chi connectivity index (χ0) is 18.7. The Morgan fingerprint density at radius 2 is 1.81 bits per heavy atom. The Morgan fingerprint density at radius 1 is 1.15 bits per heavy atom. The van der Waals surface area contributed by atoms with Crippen molar-refractivity contribution in [3.05, 3.63) is 54.0 Å². The largest absolute Gasteiger partial charge is 0.459 e. The van der Waals surface area contributed by atoms with Gasteiger partial charge in [0.25, 0.3) is 5.91 Å². The molecule has 1 aliphatic heterocycles. The van der Waals surface area contributed by atoms with Crippen LogP contribution in [0, 0.1) is 0 Å². The number of nitrogens with zero attached hydrogens (tertiary/aromatic N) is 1. The number of carbonyl (C=O) groups is 1. The number of amides is 1. The van der Waals surface area contributed by atoms with Crippen LogP contribution in [0.25, 0.3) is 0 Å². The molecule has 0 unspecified atom stereocenters. The van der Waals surface area contributed by atoms with Crippen LogP contribution in [0.15, 0.2) is 52.0 Å². The summed E-state index contributed by atoms with van der Waals surface area (Å²) in [6.45, 7) is 5.14. The van der Waals surface area contributed by atoms with Crippen molar-refractivity contribution in [3.8, 4) is 0 Å². The highest BCUT2D eigenvalue weighted by atomic mass is 32.2. The summed E-state index contributed by atoms with van der Waals surface area (Å²) < 4.78 is 33.1. The van der Waals surface area contributed by atoms with Gasteiger partial charge in [-0.1, -0.05) is 26.0 Å². The fourth-order valence-electron chi connectivity index (χ4n) is 3.08. The molecule has 1 aliphatic rings. The van der Waals surface area contributed by atoms with Gasteiger partial charge in [-0.3, -0.25) is 4.79 Å². The SMILES string of the molecule is CC(C)c1ccc(S(=O)(=O)NC2CCN(C(=O)c3ccco3)CC2)cc1. The minimum atomic E-state index is -3.56. The van der Waals surface area contributed by atoms with Crippen LogP contribution in [0.3, 0.4) is 0 Å². The molecular formula is C19H24N2O4S. The summed E-state index contributed by atoms with van der Waals surface area (Å²) in [4.78, 5) is 14.2. The van der Waals surface area contributed by atoms with E-state index in [-0.39, 0.29) is 16.8 Å². The van der Waals surface area contributed by atoms with Gasteiger partial charge in [0.2, 0.25) is 10.0 Å². The number of nitrogens with one attached hydrogen (secondary N) is 1. The fourth-order valence-corrected chi connectivity index (χ4v) is 4.38. The molecule has 3 rings (SSSR count). The van der Waals surface area contributed by atoms with Gasteiger partial charge in [-0.25, -0.2) is 13.1 Å². The van der Waals surface area contributed by atoms with E-state index in [1.165, 1.54) is 6.26 Å². The van der Waals surface area contributed by atoms with Crippen LogP contribution in [-0.4, -0.2) is 38.4 Å². The van der Waals surface area contributed by atoms with Crippen molar-refractivity contribution in [1.82, 2.24) is 9.62 Å². The lowest BCUT2D eigenvalue weighted by molar-refractivity contribution is 0.0679. The van der Waals surface area contributed by atoms with E-state index in [4.69, 9.17) is 4.42 Å². The predicted octanol–water partition coefficient (Wildman–Crippen LogP) is 2.99. The molecule has 0 bridgehead atoms. The predicted molar refractivity (Wildman–Crippen MR) is 98.5 cm³/mol. The number of hydrogen-bond donors (Lipinski definition) is 1. The summed E-state index contributed by atoms with van der Waals surface area (Å²) in [6, 6.07) is 10.1. The standard InChI is InChI=1S/C19H24N2O4S/c1-14(2)15-5-7-17(8-6-15)26(23,24)20-16-9-11-21(12-10-16)19(22)18-4-3-13-25-18/h3-8,13-14,16,20H,9-12H2,1-2H3. The second kappa shape index (κ2) is 7.63. The van der Waals surface area contributed by atoms with Gasteiger partial charge in [0.15, 0.2) is 5.76 Å². The van der Waals surface area contributed by atoms with Gasteiger partial charge in [-0.05, 0) is 48.6 Å². The maximum atomic E-state index is 12.6. The van der Waals surface area contributed by atoms with Crippen molar-refractivity contribution < 1.29 is 17.6 Å². The number of furan rings is 1. The van der Waals surface area contributed by atoms with Gasteiger partial charge >= 0.3 is 0 Å². The normalized spacial score (nSPS) is 16.2. The van der Waals surface area contributed by atoms with Crippen LogP contribution < -0.4 is 4.72 Å². The number of sulfonamides is 1. The van der Waals surface area contributed by atoms with Gasteiger partial charge in [-0.15, -0.1) is 0 Å². The molecule has 2 aromatic rings. The minimum absolute atomic E-state index is 0.152. The molecule has 26 heavy (non-hydrogen) atoms. The molecule has 1 aromatic carbocycles. The average Bonchev–Trinajstić information content (AvgIpc) is 3.16. The van der Waals surface area contributed by atoms with Crippen molar-refractivity contribution in [2.24, 2.45) is 0 Å². The van der Waals surface area contributed by atoms with E-state index in [1.807, 2.05) is 12.1 Å². The summed E-state index contributed by atoms with van der Waals surface area (Å²) in [5, 5.41) is 0. The number of carbonyl (C=O) groups excluding carboxylic acids is 1. The molecule has 6 nitrogen and oxygen atoms in total. The van der Waals surface area contributed by atoms with Crippen LogP contribution >= 0.6 is 0 Å². The number of hydrogen-bond acceptors (Lipinski definition) is 4. The summed E-state index contributed by atoms with van der Waals surface area (Å²) in [5.74, 6) is 0.519. The molecule has 1 fully saturated rings. The van der Waals surface area contributed by atoms with Gasteiger partial charge in [-0.2, -0.15) is 0 Å². The highest BCUT2D eigenvalue weighted by molar-refractivity contribution is 7.89. The highest BCUT2D eigenvalue weighted by Gasteiger charge is 2.28. The Bertz CT molecular complexity index is 834. The summed E-state index contributed by atoms with van der Waals surface area (Å²) >= 11 is 0. The van der Waals surface area contributed by atoms with Crippen molar-refractivity contribution >= 4 is 15.9 Å². The molecule has 2 heterocycles. The third kappa shape index (κ3) is 4.16. The first-order valence-electron chi connectivity index (χ1n) is 8.82. The van der Waals surface area contributed by atoms with Gasteiger partial charge in [0.1, 0.15) is 0 Å². The molecular weight excluding hydrogens is 352 g/mol. The van der Waals surface area contributed by atoms with Crippen LogP contribution in [0.2, 0.25) is 0 Å². The lowest BCUT2D eigenvalue weighted by Crippen LogP contribution is -2.46.